The Hall–Kier alpha value is -1.76. The maximum absolute atomic E-state index is 3.66. The summed E-state index contributed by atoms with van der Waals surface area (Å²) in [6.07, 6.45) is 3.62. The predicted molar refractivity (Wildman–Crippen MR) is 119 cm³/mol. The van der Waals surface area contributed by atoms with E-state index in [2.05, 4.69) is 90.2 Å². The molecule has 1 heteroatoms. The number of fused-ring (bicyclic) bond motifs is 1. The molecule has 0 saturated carbocycles. The van der Waals surface area contributed by atoms with Crippen LogP contribution in [0, 0.1) is 0 Å². The first kappa shape index (κ1) is 20.0. The van der Waals surface area contributed by atoms with E-state index in [1.165, 1.54) is 35.2 Å². The maximum Gasteiger partial charge on any atom is 0.0403 e. The van der Waals surface area contributed by atoms with Gasteiger partial charge in [-0.25, -0.2) is 0 Å². The summed E-state index contributed by atoms with van der Waals surface area (Å²) in [5.41, 5.74) is 9.21. The van der Waals surface area contributed by atoms with Crippen molar-refractivity contribution >= 4 is 5.69 Å². The summed E-state index contributed by atoms with van der Waals surface area (Å²) in [6, 6.07) is 13.9. The van der Waals surface area contributed by atoms with Crippen molar-refractivity contribution in [3.8, 4) is 0 Å². The quantitative estimate of drug-likeness (QED) is 0.586. The zero-order chi connectivity index (χ0) is 19.8. The molecule has 0 amide bonds. The van der Waals surface area contributed by atoms with Crippen molar-refractivity contribution in [2.24, 2.45) is 0 Å². The first-order valence-corrected chi connectivity index (χ1v) is 10.6. The molecular formula is C26H37N. The second-order valence-electron chi connectivity index (χ2n) is 9.92. The van der Waals surface area contributed by atoms with E-state index in [4.69, 9.17) is 0 Å². The smallest absolute Gasteiger partial charge is 0.0403 e. The Labute approximate surface area is 166 Å². The minimum Gasteiger partial charge on any atom is -0.381 e. The molecule has 3 rings (SSSR count). The van der Waals surface area contributed by atoms with Crippen LogP contribution in [0.2, 0.25) is 0 Å². The Balaban J connectivity index is 1.96. The molecule has 146 valence electrons. The third kappa shape index (κ3) is 4.08. The molecular weight excluding hydrogens is 326 g/mol. The maximum atomic E-state index is 3.66. The van der Waals surface area contributed by atoms with Crippen molar-refractivity contribution in [3.63, 3.8) is 0 Å². The average molecular weight is 364 g/mol. The van der Waals surface area contributed by atoms with Gasteiger partial charge in [-0.15, -0.1) is 0 Å². The van der Waals surface area contributed by atoms with Crippen molar-refractivity contribution in [1.82, 2.24) is 0 Å². The normalized spacial score (nSPS) is 17.6. The molecule has 0 radical (unpaired) electrons. The van der Waals surface area contributed by atoms with E-state index in [9.17, 15) is 0 Å². The molecule has 0 heterocycles. The lowest BCUT2D eigenvalue weighted by atomic mass is 9.62. The van der Waals surface area contributed by atoms with Crippen molar-refractivity contribution in [3.05, 3.63) is 64.2 Å². The summed E-state index contributed by atoms with van der Waals surface area (Å²) in [5, 5.41) is 3.66. The van der Waals surface area contributed by atoms with Crippen LogP contribution in [-0.4, -0.2) is 0 Å². The van der Waals surface area contributed by atoms with Gasteiger partial charge in [-0.05, 0) is 76.0 Å². The Kier molecular flexibility index (Phi) is 5.43. The van der Waals surface area contributed by atoms with E-state index in [-0.39, 0.29) is 10.8 Å². The summed E-state index contributed by atoms with van der Waals surface area (Å²) in [5.74, 6) is 0.537. The third-order valence-corrected chi connectivity index (χ3v) is 6.58. The van der Waals surface area contributed by atoms with Gasteiger partial charge in [0.15, 0.2) is 0 Å². The highest BCUT2D eigenvalue weighted by molar-refractivity contribution is 5.51. The molecule has 1 aliphatic rings. The monoisotopic (exact) mass is 363 g/mol. The molecule has 0 saturated heterocycles. The van der Waals surface area contributed by atoms with E-state index < -0.39 is 0 Å². The molecule has 0 bridgehead atoms. The highest BCUT2D eigenvalue weighted by atomic mass is 14.9. The van der Waals surface area contributed by atoms with Gasteiger partial charge in [0.1, 0.15) is 0 Å². The van der Waals surface area contributed by atoms with Crippen molar-refractivity contribution in [2.75, 3.05) is 5.32 Å². The fourth-order valence-electron chi connectivity index (χ4n) is 4.42. The van der Waals surface area contributed by atoms with Gasteiger partial charge in [-0.2, -0.15) is 0 Å². The van der Waals surface area contributed by atoms with E-state index >= 15 is 0 Å². The van der Waals surface area contributed by atoms with Gasteiger partial charge in [0.25, 0.3) is 0 Å². The number of rotatable bonds is 5. The van der Waals surface area contributed by atoms with E-state index in [0.717, 1.165) is 13.0 Å². The molecule has 1 N–H and O–H groups in total. The van der Waals surface area contributed by atoms with E-state index in [1.54, 1.807) is 11.1 Å². The molecule has 0 fully saturated rings. The van der Waals surface area contributed by atoms with Gasteiger partial charge >= 0.3 is 0 Å². The number of aryl methyl sites for hydroxylation is 1. The zero-order valence-electron chi connectivity index (χ0n) is 18.4. The van der Waals surface area contributed by atoms with Crippen molar-refractivity contribution in [1.29, 1.82) is 0 Å². The molecule has 0 aromatic heterocycles. The molecule has 0 aliphatic heterocycles. The minimum absolute atomic E-state index is 0.262. The van der Waals surface area contributed by atoms with Gasteiger partial charge < -0.3 is 5.32 Å². The number of hydrogen-bond donors (Lipinski definition) is 1. The first-order chi connectivity index (χ1) is 12.6. The average Bonchev–Trinajstić information content (AvgIpc) is 2.63. The van der Waals surface area contributed by atoms with Crippen molar-refractivity contribution < 1.29 is 0 Å². The summed E-state index contributed by atoms with van der Waals surface area (Å²) >= 11 is 0. The molecule has 27 heavy (non-hydrogen) atoms. The highest BCUT2D eigenvalue weighted by Gasteiger charge is 2.37. The lowest BCUT2D eigenvalue weighted by Crippen LogP contribution is -2.34. The second kappa shape index (κ2) is 7.34. The number of nitrogens with one attached hydrogen (secondary N) is 1. The molecule has 2 aromatic rings. The lowest BCUT2D eigenvalue weighted by molar-refractivity contribution is 0.331. The zero-order valence-corrected chi connectivity index (χ0v) is 18.4. The van der Waals surface area contributed by atoms with Crippen LogP contribution in [-0.2, 0) is 23.8 Å². The van der Waals surface area contributed by atoms with Crippen LogP contribution < -0.4 is 5.32 Å². The third-order valence-electron chi connectivity index (χ3n) is 6.58. The van der Waals surface area contributed by atoms with Crippen LogP contribution >= 0.6 is 0 Å². The molecule has 0 spiro atoms. The summed E-state index contributed by atoms with van der Waals surface area (Å²) < 4.78 is 0. The number of benzene rings is 2. The summed E-state index contributed by atoms with van der Waals surface area (Å²) in [4.78, 5) is 0. The number of anilines is 1. The molecule has 0 atom stereocenters. The first-order valence-electron chi connectivity index (χ1n) is 10.6. The molecule has 1 nitrogen and oxygen atoms in total. The van der Waals surface area contributed by atoms with Crippen LogP contribution in [0.25, 0.3) is 0 Å². The fraction of sp³-hybridized carbons (Fsp3) is 0.538. The Morgan fingerprint density at radius 1 is 0.889 bits per heavy atom. The molecule has 1 aliphatic carbocycles. The highest BCUT2D eigenvalue weighted by Crippen LogP contribution is 2.47. The van der Waals surface area contributed by atoms with Gasteiger partial charge in [0, 0.05) is 12.2 Å². The van der Waals surface area contributed by atoms with Crippen LogP contribution in [0.5, 0.6) is 0 Å². The topological polar surface area (TPSA) is 12.0 Å². The Morgan fingerprint density at radius 2 is 1.44 bits per heavy atom. The Bertz CT molecular complexity index is 794. The standard InChI is InChI=1S/C26H37N/c1-8-19-9-11-21(12-10-19)27-17-20-15-23-24(16-22(20)18(2)3)26(6,7)14-13-25(23,4)5/h9-12,15-16,18,27H,8,13-14,17H2,1-7H3. The largest absolute Gasteiger partial charge is 0.381 e. The van der Waals surface area contributed by atoms with E-state index in [1.807, 2.05) is 0 Å². The number of hydrogen-bond acceptors (Lipinski definition) is 1. The predicted octanol–water partition coefficient (Wildman–Crippen LogP) is 7.33. The lowest BCUT2D eigenvalue weighted by Gasteiger charge is -2.42. The Morgan fingerprint density at radius 3 is 1.96 bits per heavy atom. The minimum atomic E-state index is 0.262. The molecule has 0 unspecified atom stereocenters. The van der Waals surface area contributed by atoms with Gasteiger partial charge in [0.2, 0.25) is 0 Å². The summed E-state index contributed by atoms with van der Waals surface area (Å²) in [6.45, 7) is 17.4. The van der Waals surface area contributed by atoms with Crippen LogP contribution in [0.4, 0.5) is 5.69 Å². The fourth-order valence-corrected chi connectivity index (χ4v) is 4.42. The van der Waals surface area contributed by atoms with Gasteiger partial charge in [0.05, 0.1) is 0 Å². The van der Waals surface area contributed by atoms with Crippen LogP contribution in [0.3, 0.4) is 0 Å². The van der Waals surface area contributed by atoms with Crippen LogP contribution in [0.15, 0.2) is 36.4 Å². The van der Waals surface area contributed by atoms with Crippen LogP contribution in [0.1, 0.15) is 95.0 Å². The van der Waals surface area contributed by atoms with E-state index in [0.29, 0.717) is 5.92 Å². The SMILES string of the molecule is CCc1ccc(NCc2cc3c(cc2C(C)C)C(C)(C)CCC3(C)C)cc1. The summed E-state index contributed by atoms with van der Waals surface area (Å²) in [7, 11) is 0. The molecule has 2 aromatic carbocycles. The van der Waals surface area contributed by atoms with Gasteiger partial charge in [-0.1, -0.05) is 72.7 Å². The van der Waals surface area contributed by atoms with Crippen molar-refractivity contribution in [2.45, 2.75) is 91.0 Å². The second-order valence-corrected chi connectivity index (χ2v) is 9.92. The van der Waals surface area contributed by atoms with Gasteiger partial charge in [-0.3, -0.25) is 0 Å².